The average Bonchev–Trinajstić information content (AvgIpc) is 2.16. The number of carbonyl (C=O) groups is 2. The highest BCUT2D eigenvalue weighted by atomic mass is 16.4. The third-order valence-corrected chi connectivity index (χ3v) is 2.03. The summed E-state index contributed by atoms with van der Waals surface area (Å²) in [7, 11) is 0. The van der Waals surface area contributed by atoms with Crippen LogP contribution >= 0.6 is 0 Å². The lowest BCUT2D eigenvalue weighted by Gasteiger charge is -2.04. The molecule has 1 rings (SSSR count). The summed E-state index contributed by atoms with van der Waals surface area (Å²) < 4.78 is 0. The van der Waals surface area contributed by atoms with Gasteiger partial charge in [-0.25, -0.2) is 4.79 Å². The van der Waals surface area contributed by atoms with Gasteiger partial charge in [-0.2, -0.15) is 0 Å². The third kappa shape index (κ3) is 1.99. The van der Waals surface area contributed by atoms with Crippen LogP contribution in [-0.4, -0.2) is 16.9 Å². The fraction of sp³-hybridized carbons (Fsp3) is 0.273. The van der Waals surface area contributed by atoms with Crippen molar-refractivity contribution in [1.82, 2.24) is 0 Å². The normalized spacial score (nSPS) is 9.86. The lowest BCUT2D eigenvalue weighted by atomic mass is 10.00. The predicted molar refractivity (Wildman–Crippen MR) is 52.8 cm³/mol. The average molecular weight is 192 g/mol. The van der Waals surface area contributed by atoms with Gasteiger partial charge in [-0.1, -0.05) is 24.6 Å². The molecule has 0 aliphatic heterocycles. The highest BCUT2D eigenvalue weighted by molar-refractivity contribution is 6.05. The molecular weight excluding hydrogens is 180 g/mol. The van der Waals surface area contributed by atoms with Crippen LogP contribution in [0.2, 0.25) is 0 Å². The van der Waals surface area contributed by atoms with Crippen LogP contribution in [0.3, 0.4) is 0 Å². The summed E-state index contributed by atoms with van der Waals surface area (Å²) in [4.78, 5) is 22.2. The molecule has 0 aliphatic carbocycles. The van der Waals surface area contributed by atoms with Gasteiger partial charge in [-0.05, 0) is 13.0 Å². The van der Waals surface area contributed by atoms with E-state index >= 15 is 0 Å². The lowest BCUT2D eigenvalue weighted by molar-refractivity contribution is 0.0692. The minimum atomic E-state index is -1.05. The van der Waals surface area contributed by atoms with Crippen molar-refractivity contribution in [2.24, 2.45) is 0 Å². The van der Waals surface area contributed by atoms with Gasteiger partial charge in [-0.15, -0.1) is 0 Å². The van der Waals surface area contributed by atoms with Gasteiger partial charge in [0.25, 0.3) is 0 Å². The molecule has 0 radical (unpaired) electrons. The van der Waals surface area contributed by atoms with E-state index in [0.717, 1.165) is 5.56 Å². The molecule has 0 saturated heterocycles. The van der Waals surface area contributed by atoms with Crippen molar-refractivity contribution in [1.29, 1.82) is 0 Å². The van der Waals surface area contributed by atoms with Crippen LogP contribution in [0, 0.1) is 6.92 Å². The standard InChI is InChI=1S/C11H12O3/c1-3-10(12)8-5-4-7(2)6-9(8)11(13)14/h4-6H,3H2,1-2H3,(H,13,14). The Morgan fingerprint density at radius 3 is 2.43 bits per heavy atom. The highest BCUT2D eigenvalue weighted by Crippen LogP contribution is 2.13. The summed E-state index contributed by atoms with van der Waals surface area (Å²) in [6, 6.07) is 4.84. The second kappa shape index (κ2) is 4.05. The topological polar surface area (TPSA) is 54.4 Å². The molecule has 0 fully saturated rings. The largest absolute Gasteiger partial charge is 0.478 e. The fourth-order valence-electron chi connectivity index (χ4n) is 1.27. The Balaban J connectivity index is 3.28. The molecule has 3 nitrogen and oxygen atoms in total. The molecule has 0 spiro atoms. The van der Waals surface area contributed by atoms with Gasteiger partial charge in [0.15, 0.2) is 5.78 Å². The summed E-state index contributed by atoms with van der Waals surface area (Å²) in [6.45, 7) is 3.51. The van der Waals surface area contributed by atoms with Crippen molar-refractivity contribution >= 4 is 11.8 Å². The predicted octanol–water partition coefficient (Wildman–Crippen LogP) is 2.29. The van der Waals surface area contributed by atoms with E-state index in [2.05, 4.69) is 0 Å². The fourth-order valence-corrected chi connectivity index (χ4v) is 1.27. The van der Waals surface area contributed by atoms with Crippen molar-refractivity contribution < 1.29 is 14.7 Å². The van der Waals surface area contributed by atoms with Crippen molar-refractivity contribution in [2.75, 3.05) is 0 Å². The van der Waals surface area contributed by atoms with Crippen LogP contribution in [0.1, 0.15) is 39.6 Å². The van der Waals surface area contributed by atoms with Crippen molar-refractivity contribution in [3.63, 3.8) is 0 Å². The van der Waals surface area contributed by atoms with Gasteiger partial charge in [0, 0.05) is 12.0 Å². The summed E-state index contributed by atoms with van der Waals surface area (Å²) in [5.41, 5.74) is 1.23. The summed E-state index contributed by atoms with van der Waals surface area (Å²) >= 11 is 0. The Hall–Kier alpha value is -1.64. The number of aromatic carboxylic acids is 1. The number of rotatable bonds is 3. The van der Waals surface area contributed by atoms with Gasteiger partial charge in [-0.3, -0.25) is 4.79 Å². The molecule has 0 amide bonds. The van der Waals surface area contributed by atoms with E-state index in [0.29, 0.717) is 12.0 Å². The lowest BCUT2D eigenvalue weighted by Crippen LogP contribution is -2.07. The summed E-state index contributed by atoms with van der Waals surface area (Å²) in [5.74, 6) is -1.19. The number of aryl methyl sites for hydroxylation is 1. The summed E-state index contributed by atoms with van der Waals surface area (Å²) in [5, 5.41) is 8.88. The molecule has 0 atom stereocenters. The molecule has 0 unspecified atom stereocenters. The Kier molecular flexibility index (Phi) is 3.02. The van der Waals surface area contributed by atoms with E-state index in [9.17, 15) is 9.59 Å². The third-order valence-electron chi connectivity index (χ3n) is 2.03. The van der Waals surface area contributed by atoms with Gasteiger partial charge < -0.3 is 5.11 Å². The van der Waals surface area contributed by atoms with E-state index in [1.807, 2.05) is 0 Å². The van der Waals surface area contributed by atoms with E-state index in [4.69, 9.17) is 5.11 Å². The van der Waals surface area contributed by atoms with Gasteiger partial charge in [0.2, 0.25) is 0 Å². The van der Waals surface area contributed by atoms with E-state index in [-0.39, 0.29) is 11.3 Å². The van der Waals surface area contributed by atoms with Gasteiger partial charge in [0.05, 0.1) is 5.56 Å². The molecule has 1 aromatic carbocycles. The molecule has 0 saturated carbocycles. The molecule has 0 aromatic heterocycles. The molecule has 0 heterocycles. The zero-order valence-electron chi connectivity index (χ0n) is 8.20. The van der Waals surface area contributed by atoms with Crippen LogP contribution in [-0.2, 0) is 0 Å². The van der Waals surface area contributed by atoms with Crippen LogP contribution < -0.4 is 0 Å². The SMILES string of the molecule is CCC(=O)c1ccc(C)cc1C(=O)O. The minimum absolute atomic E-state index is 0.0943. The van der Waals surface area contributed by atoms with E-state index in [1.165, 1.54) is 6.07 Å². The van der Waals surface area contributed by atoms with Crippen molar-refractivity contribution in [3.8, 4) is 0 Å². The molecule has 0 bridgehead atoms. The van der Waals surface area contributed by atoms with Gasteiger partial charge in [0.1, 0.15) is 0 Å². The number of benzene rings is 1. The Labute approximate surface area is 82.4 Å². The number of hydrogen-bond acceptors (Lipinski definition) is 2. The Bertz CT molecular complexity index is 380. The molecule has 1 N–H and O–H groups in total. The monoisotopic (exact) mass is 192 g/mol. The van der Waals surface area contributed by atoms with Gasteiger partial charge >= 0.3 is 5.97 Å². The maximum absolute atomic E-state index is 11.4. The number of Topliss-reactive ketones (excluding diaryl/α,β-unsaturated/α-hetero) is 1. The first-order valence-corrected chi connectivity index (χ1v) is 4.43. The highest BCUT2D eigenvalue weighted by Gasteiger charge is 2.14. The second-order valence-corrected chi connectivity index (χ2v) is 3.13. The molecule has 14 heavy (non-hydrogen) atoms. The summed E-state index contributed by atoms with van der Waals surface area (Å²) in [6.07, 6.45) is 0.323. The van der Waals surface area contributed by atoms with Crippen molar-refractivity contribution in [2.45, 2.75) is 20.3 Å². The Morgan fingerprint density at radius 1 is 1.29 bits per heavy atom. The molecule has 74 valence electrons. The van der Waals surface area contributed by atoms with Crippen molar-refractivity contribution in [3.05, 3.63) is 34.9 Å². The minimum Gasteiger partial charge on any atom is -0.478 e. The number of carbonyl (C=O) groups excluding carboxylic acids is 1. The van der Waals surface area contributed by atoms with Crippen LogP contribution in [0.4, 0.5) is 0 Å². The molecular formula is C11H12O3. The smallest absolute Gasteiger partial charge is 0.336 e. The van der Waals surface area contributed by atoms with E-state index < -0.39 is 5.97 Å². The molecule has 0 aliphatic rings. The Morgan fingerprint density at radius 2 is 1.93 bits per heavy atom. The maximum Gasteiger partial charge on any atom is 0.336 e. The second-order valence-electron chi connectivity index (χ2n) is 3.13. The quantitative estimate of drug-likeness (QED) is 0.747. The number of carboxylic acid groups (broad SMARTS) is 1. The van der Waals surface area contributed by atoms with E-state index in [1.54, 1.807) is 26.0 Å². The first-order valence-electron chi connectivity index (χ1n) is 4.43. The molecule has 1 aromatic rings. The zero-order chi connectivity index (χ0) is 10.7. The van der Waals surface area contributed by atoms with Crippen LogP contribution in [0.5, 0.6) is 0 Å². The maximum atomic E-state index is 11.4. The number of hydrogen-bond donors (Lipinski definition) is 1. The van der Waals surface area contributed by atoms with Crippen LogP contribution in [0.25, 0.3) is 0 Å². The number of ketones is 1. The first kappa shape index (κ1) is 10.4. The zero-order valence-corrected chi connectivity index (χ0v) is 8.20. The molecule has 3 heteroatoms. The first-order chi connectivity index (χ1) is 6.56. The number of carboxylic acids is 1. The van der Waals surface area contributed by atoms with Crippen LogP contribution in [0.15, 0.2) is 18.2 Å².